The average Bonchev–Trinajstić information content (AvgIpc) is 3.67. The summed E-state index contributed by atoms with van der Waals surface area (Å²) in [6.07, 6.45) is 11.5. The molecule has 3 aliphatic carbocycles. The van der Waals surface area contributed by atoms with E-state index in [1.807, 2.05) is 0 Å². The van der Waals surface area contributed by atoms with E-state index in [2.05, 4.69) is 152 Å². The number of allylic oxidation sites excluding steroid dienone is 2. The van der Waals surface area contributed by atoms with Gasteiger partial charge < -0.3 is 0 Å². The first kappa shape index (κ1) is 36.4. The van der Waals surface area contributed by atoms with Crippen LogP contribution in [0.1, 0.15) is 120 Å². The van der Waals surface area contributed by atoms with E-state index < -0.39 is 21.5 Å². The van der Waals surface area contributed by atoms with Gasteiger partial charge in [0.1, 0.15) is 0 Å². The van der Waals surface area contributed by atoms with Crippen LogP contribution in [0.5, 0.6) is 0 Å². The van der Waals surface area contributed by atoms with Gasteiger partial charge in [0.25, 0.3) is 0 Å². The third-order valence-electron chi connectivity index (χ3n) is 12.6. The van der Waals surface area contributed by atoms with Crippen LogP contribution in [-0.2, 0) is 21.0 Å². The Labute approximate surface area is 311 Å². The normalized spacial score (nSPS) is 20.4. The summed E-state index contributed by atoms with van der Waals surface area (Å²) in [5.74, 6) is -0.574. The summed E-state index contributed by atoms with van der Waals surface area (Å²) in [6.45, 7) is 18.7. The molecule has 0 amide bonds. The zero-order chi connectivity index (χ0) is 35.6. The Hall–Kier alpha value is -1.96. The molecule has 1 saturated carbocycles. The topological polar surface area (TPSA) is 0 Å². The Bertz CT molecular complexity index is 1970. The van der Waals surface area contributed by atoms with E-state index in [0.717, 1.165) is 0 Å². The predicted octanol–water partition coefficient (Wildman–Crippen LogP) is 14.6. The first-order chi connectivity index (χ1) is 23.7. The molecule has 261 valence electrons. The van der Waals surface area contributed by atoms with Gasteiger partial charge in [-0.25, -0.2) is 0 Å². The molecule has 0 saturated heterocycles. The van der Waals surface area contributed by atoms with Gasteiger partial charge in [-0.05, 0) is 0 Å². The van der Waals surface area contributed by atoms with Crippen LogP contribution in [0.2, 0.25) is 13.1 Å². The number of halogens is 2. The predicted molar refractivity (Wildman–Crippen MR) is 221 cm³/mol. The Morgan fingerprint density at radius 1 is 0.680 bits per heavy atom. The Kier molecular flexibility index (Phi) is 9.81. The molecular formula is C46H55Cl2SiZr. The van der Waals surface area contributed by atoms with Crippen LogP contribution in [0.4, 0.5) is 0 Å². The van der Waals surface area contributed by atoms with Crippen LogP contribution in [0.3, 0.4) is 0 Å². The van der Waals surface area contributed by atoms with Crippen molar-refractivity contribution in [2.75, 3.05) is 0 Å². The molecule has 0 spiro atoms. The molecule has 4 heteroatoms. The van der Waals surface area contributed by atoms with Crippen molar-refractivity contribution < 1.29 is 15.6 Å². The minimum absolute atomic E-state index is 0.106. The monoisotopic (exact) mass is 795 g/mol. The van der Waals surface area contributed by atoms with Crippen molar-refractivity contribution in [3.8, 4) is 22.3 Å². The summed E-state index contributed by atoms with van der Waals surface area (Å²) < 4.78 is 0.237. The summed E-state index contributed by atoms with van der Waals surface area (Å²) in [4.78, 5) is 0. The number of fused-ring (bicyclic) bond motifs is 2. The van der Waals surface area contributed by atoms with E-state index in [9.17, 15) is 0 Å². The van der Waals surface area contributed by atoms with Gasteiger partial charge >= 0.3 is 314 Å². The van der Waals surface area contributed by atoms with Gasteiger partial charge in [-0.3, -0.25) is 0 Å². The number of hydrogen-bond donors (Lipinski definition) is 0. The van der Waals surface area contributed by atoms with E-state index in [1.54, 1.807) is 5.57 Å². The van der Waals surface area contributed by atoms with Crippen LogP contribution in [0.25, 0.3) is 34.4 Å². The van der Waals surface area contributed by atoms with Gasteiger partial charge in [0.15, 0.2) is 0 Å². The first-order valence-corrected chi connectivity index (χ1v) is 35.5. The van der Waals surface area contributed by atoms with Crippen LogP contribution >= 0.6 is 17.0 Å². The Morgan fingerprint density at radius 3 is 1.72 bits per heavy atom. The average molecular weight is 798 g/mol. The van der Waals surface area contributed by atoms with Crippen molar-refractivity contribution in [1.82, 2.24) is 0 Å². The maximum absolute atomic E-state index is 8.78. The summed E-state index contributed by atoms with van der Waals surface area (Å²) in [7, 11) is 17.6. The Morgan fingerprint density at radius 2 is 1.20 bits per heavy atom. The van der Waals surface area contributed by atoms with Crippen LogP contribution in [0, 0.1) is 5.92 Å². The number of hydrogen-bond acceptors (Lipinski definition) is 0. The summed E-state index contributed by atoms with van der Waals surface area (Å²) in [5.41, 5.74) is 16.4. The molecule has 50 heavy (non-hydrogen) atoms. The number of benzene rings is 4. The Balaban J connectivity index is 1.40. The molecule has 0 N–H and O–H groups in total. The zero-order valence-corrected chi connectivity index (χ0v) is 36.5. The van der Waals surface area contributed by atoms with E-state index in [4.69, 9.17) is 17.0 Å². The fourth-order valence-corrected chi connectivity index (χ4v) is 41.6. The second kappa shape index (κ2) is 13.5. The molecule has 0 radical (unpaired) electrons. The third kappa shape index (κ3) is 6.07. The second-order valence-corrected chi connectivity index (χ2v) is 59.8. The van der Waals surface area contributed by atoms with Crippen molar-refractivity contribution in [2.24, 2.45) is 5.92 Å². The molecule has 0 bridgehead atoms. The fourth-order valence-electron chi connectivity index (χ4n) is 9.65. The molecule has 0 aliphatic heterocycles. The number of rotatable bonds is 7. The van der Waals surface area contributed by atoms with Crippen LogP contribution in [0.15, 0.2) is 96.1 Å². The molecule has 7 rings (SSSR count). The van der Waals surface area contributed by atoms with Crippen LogP contribution < -0.4 is 0 Å². The molecular weight excluding hydrogens is 743 g/mol. The third-order valence-corrected chi connectivity index (χ3v) is 64.6. The van der Waals surface area contributed by atoms with Gasteiger partial charge in [-0.2, -0.15) is 0 Å². The molecule has 3 aliphatic rings. The van der Waals surface area contributed by atoms with E-state index in [1.165, 1.54) is 93.3 Å². The molecule has 2 unspecified atom stereocenters. The molecule has 4 aromatic carbocycles. The van der Waals surface area contributed by atoms with Crippen molar-refractivity contribution in [1.29, 1.82) is 0 Å². The van der Waals surface area contributed by atoms with Crippen molar-refractivity contribution in [3.05, 3.63) is 129 Å². The molecule has 4 aromatic rings. The minimum atomic E-state index is -4.85. The second-order valence-electron chi connectivity index (χ2n) is 17.3. The van der Waals surface area contributed by atoms with Gasteiger partial charge in [-0.1, -0.05) is 0 Å². The van der Waals surface area contributed by atoms with E-state index >= 15 is 0 Å². The van der Waals surface area contributed by atoms with Gasteiger partial charge in [0.2, 0.25) is 0 Å². The summed E-state index contributed by atoms with van der Waals surface area (Å²) >= 11 is -4.85. The van der Waals surface area contributed by atoms with Crippen LogP contribution in [-0.4, -0.2) is 5.92 Å². The van der Waals surface area contributed by atoms with E-state index in [-0.39, 0.29) is 12.7 Å². The standard InChI is InChI=1S/C25H29.C19H19.C2H7Si.2ClH.Zr/c1-25(2,3)22-14-12-19(13-15-22)23-11-7-10-20-16-21(17-24(20)23)18-8-5-4-6-9-18;1-13(2)15-7-9-16(10-8-15)18-6-4-5-17-11-14(3)12-19(17)18;1-3-2;;;/h7,10-18H,4-6,8-9H2,1-3H3;4-13H,1-3H3;3H,1-2H3;2*1H;/q;;;;;+2/p-2. The zero-order valence-electron chi connectivity index (χ0n) is 31.4. The first-order valence-electron chi connectivity index (χ1n) is 19.1. The summed E-state index contributed by atoms with van der Waals surface area (Å²) in [6, 6.07) is 32.4. The molecule has 0 nitrogen and oxygen atoms in total. The fraction of sp³-hybridized carbons (Fsp3) is 0.391. The van der Waals surface area contributed by atoms with E-state index in [0.29, 0.717) is 11.8 Å². The quantitative estimate of drug-likeness (QED) is 0.163. The van der Waals surface area contributed by atoms with Gasteiger partial charge in [0.05, 0.1) is 0 Å². The van der Waals surface area contributed by atoms with Crippen molar-refractivity contribution in [3.63, 3.8) is 0 Å². The SMILES string of the molecule is CC1=Cc2c(-c3ccc(C(C)C)cc3)cccc2[CH]1[Zr]([Cl])([Cl])([CH]1C(C2CCCCC2)=Cc2c(-c3ccc(C(C)(C)C)cc3)cccc21)[SiH](C)C. The molecule has 2 atom stereocenters. The summed E-state index contributed by atoms with van der Waals surface area (Å²) in [5, 5.41) is 0. The molecule has 0 heterocycles. The van der Waals surface area contributed by atoms with Crippen molar-refractivity contribution >= 4 is 35.1 Å². The van der Waals surface area contributed by atoms with Gasteiger partial charge in [0, 0.05) is 0 Å². The van der Waals surface area contributed by atoms with Crippen molar-refractivity contribution in [2.45, 2.75) is 105 Å². The maximum atomic E-state index is 8.78. The molecule has 0 aromatic heterocycles. The molecule has 1 fully saturated rings. The van der Waals surface area contributed by atoms with Gasteiger partial charge in [-0.15, -0.1) is 0 Å².